The molecule has 2 aromatic carbocycles. The largest absolute Gasteiger partial charge is 0.394 e. The van der Waals surface area contributed by atoms with Gasteiger partial charge in [0.15, 0.2) is 0 Å². The van der Waals surface area contributed by atoms with Crippen molar-refractivity contribution < 1.29 is 9.90 Å². The smallest absolute Gasteiger partial charge is 0.315 e. The third-order valence-electron chi connectivity index (χ3n) is 4.32. The Balaban J connectivity index is 1.56. The lowest BCUT2D eigenvalue weighted by Gasteiger charge is -2.20. The van der Waals surface area contributed by atoms with Gasteiger partial charge in [-0.25, -0.2) is 4.79 Å². The Labute approximate surface area is 136 Å². The van der Waals surface area contributed by atoms with E-state index in [1.54, 1.807) is 0 Å². The molecule has 0 aromatic heterocycles. The molecule has 1 aliphatic carbocycles. The number of aryl methyl sites for hydroxylation is 1. The molecular formula is C19H22N2O2. The zero-order chi connectivity index (χ0) is 16.1. The third kappa shape index (κ3) is 3.90. The minimum absolute atomic E-state index is 0.0577. The van der Waals surface area contributed by atoms with Crippen molar-refractivity contribution in [1.29, 1.82) is 0 Å². The molecule has 0 spiro atoms. The standard InChI is InChI=1S/C19H22N2O2/c22-13-16(12-14-6-2-1-3-7-14)20-19(23)21-18-11-10-15-8-4-5-9-17(15)18/h1-9,16,18,22H,10-13H2,(H2,20,21,23)/t16-,18+/m0/s1. The monoisotopic (exact) mass is 310 g/mol. The predicted molar refractivity (Wildman–Crippen MR) is 90.2 cm³/mol. The summed E-state index contributed by atoms with van der Waals surface area (Å²) in [6.45, 7) is -0.0798. The summed E-state index contributed by atoms with van der Waals surface area (Å²) in [4.78, 5) is 12.2. The number of carbonyl (C=O) groups is 1. The molecule has 4 heteroatoms. The number of carbonyl (C=O) groups excluding carboxylic acids is 1. The molecular weight excluding hydrogens is 288 g/mol. The first-order chi connectivity index (χ1) is 11.3. The molecule has 1 aliphatic rings. The minimum atomic E-state index is -0.283. The highest BCUT2D eigenvalue weighted by Gasteiger charge is 2.24. The molecule has 0 aliphatic heterocycles. The van der Waals surface area contributed by atoms with Crippen LogP contribution < -0.4 is 10.6 Å². The van der Waals surface area contributed by atoms with Crippen molar-refractivity contribution in [3.05, 3.63) is 71.3 Å². The molecule has 4 nitrogen and oxygen atoms in total. The summed E-state index contributed by atoms with van der Waals surface area (Å²) in [6, 6.07) is 17.6. The van der Waals surface area contributed by atoms with Crippen LogP contribution in [0.25, 0.3) is 0 Å². The van der Waals surface area contributed by atoms with Crippen LogP contribution in [0.5, 0.6) is 0 Å². The van der Waals surface area contributed by atoms with Crippen LogP contribution in [0, 0.1) is 0 Å². The number of rotatable bonds is 5. The summed E-state index contributed by atoms with van der Waals surface area (Å²) in [5.74, 6) is 0. The van der Waals surface area contributed by atoms with E-state index in [2.05, 4.69) is 22.8 Å². The van der Waals surface area contributed by atoms with Crippen molar-refractivity contribution in [2.45, 2.75) is 31.3 Å². The number of urea groups is 1. The number of hydrogen-bond acceptors (Lipinski definition) is 2. The van der Waals surface area contributed by atoms with Gasteiger partial charge in [0.05, 0.1) is 18.7 Å². The summed E-state index contributed by atoms with van der Waals surface area (Å²) in [7, 11) is 0. The van der Waals surface area contributed by atoms with Crippen LogP contribution in [0.1, 0.15) is 29.2 Å². The molecule has 0 fully saturated rings. The summed E-state index contributed by atoms with van der Waals surface area (Å²) in [6.07, 6.45) is 2.54. The molecule has 3 rings (SSSR count). The van der Waals surface area contributed by atoms with Gasteiger partial charge in [0.2, 0.25) is 0 Å². The lowest BCUT2D eigenvalue weighted by atomic mass is 10.1. The Kier molecular flexibility index (Phi) is 4.93. The van der Waals surface area contributed by atoms with E-state index in [-0.39, 0.29) is 24.7 Å². The van der Waals surface area contributed by atoms with Crippen LogP contribution in [-0.2, 0) is 12.8 Å². The van der Waals surface area contributed by atoms with Gasteiger partial charge in [-0.1, -0.05) is 54.6 Å². The van der Waals surface area contributed by atoms with Crippen LogP contribution in [-0.4, -0.2) is 23.8 Å². The van der Waals surface area contributed by atoms with Gasteiger partial charge in [-0.2, -0.15) is 0 Å². The molecule has 2 aromatic rings. The van der Waals surface area contributed by atoms with Gasteiger partial charge >= 0.3 is 6.03 Å². The van der Waals surface area contributed by atoms with E-state index in [1.807, 2.05) is 42.5 Å². The fourth-order valence-electron chi connectivity index (χ4n) is 3.15. The number of amides is 2. The minimum Gasteiger partial charge on any atom is -0.394 e. The van der Waals surface area contributed by atoms with E-state index in [1.165, 1.54) is 11.1 Å². The molecule has 0 saturated carbocycles. The number of fused-ring (bicyclic) bond motifs is 1. The van der Waals surface area contributed by atoms with Crippen molar-refractivity contribution >= 4 is 6.03 Å². The Morgan fingerprint density at radius 1 is 1.13 bits per heavy atom. The predicted octanol–water partition coefficient (Wildman–Crippen LogP) is 2.58. The fraction of sp³-hybridized carbons (Fsp3) is 0.316. The maximum Gasteiger partial charge on any atom is 0.315 e. The molecule has 0 heterocycles. The second-order valence-corrected chi connectivity index (χ2v) is 5.98. The lowest BCUT2D eigenvalue weighted by Crippen LogP contribution is -2.45. The Morgan fingerprint density at radius 2 is 1.87 bits per heavy atom. The highest BCUT2D eigenvalue weighted by molar-refractivity contribution is 5.75. The summed E-state index contributed by atoms with van der Waals surface area (Å²) in [5, 5.41) is 15.4. The van der Waals surface area contributed by atoms with Crippen molar-refractivity contribution in [3.8, 4) is 0 Å². The van der Waals surface area contributed by atoms with E-state index in [4.69, 9.17) is 0 Å². The van der Waals surface area contributed by atoms with Gasteiger partial charge in [-0.05, 0) is 36.0 Å². The van der Waals surface area contributed by atoms with Crippen LogP contribution in [0.4, 0.5) is 4.79 Å². The summed E-state index contributed by atoms with van der Waals surface area (Å²) in [5.41, 5.74) is 3.60. The normalized spacial score (nSPS) is 17.3. The second-order valence-electron chi connectivity index (χ2n) is 5.98. The number of aliphatic hydroxyl groups is 1. The maximum atomic E-state index is 12.2. The van der Waals surface area contributed by atoms with E-state index in [9.17, 15) is 9.90 Å². The van der Waals surface area contributed by atoms with Gasteiger partial charge < -0.3 is 15.7 Å². The zero-order valence-corrected chi connectivity index (χ0v) is 13.0. The third-order valence-corrected chi connectivity index (χ3v) is 4.32. The van der Waals surface area contributed by atoms with Crippen LogP contribution >= 0.6 is 0 Å². The van der Waals surface area contributed by atoms with Crippen molar-refractivity contribution in [2.24, 2.45) is 0 Å². The molecule has 23 heavy (non-hydrogen) atoms. The number of nitrogens with one attached hydrogen (secondary N) is 2. The van der Waals surface area contributed by atoms with Gasteiger partial charge in [0.1, 0.15) is 0 Å². The number of hydrogen-bond donors (Lipinski definition) is 3. The van der Waals surface area contributed by atoms with Crippen molar-refractivity contribution in [2.75, 3.05) is 6.61 Å². The molecule has 2 atom stereocenters. The summed E-state index contributed by atoms with van der Waals surface area (Å²) >= 11 is 0. The van der Waals surface area contributed by atoms with Crippen molar-refractivity contribution in [1.82, 2.24) is 10.6 Å². The molecule has 0 bridgehead atoms. The van der Waals surface area contributed by atoms with E-state index >= 15 is 0 Å². The topological polar surface area (TPSA) is 61.4 Å². The first-order valence-electron chi connectivity index (χ1n) is 8.06. The van der Waals surface area contributed by atoms with Gasteiger partial charge in [-0.3, -0.25) is 0 Å². The van der Waals surface area contributed by atoms with Crippen LogP contribution in [0.3, 0.4) is 0 Å². The highest BCUT2D eigenvalue weighted by atomic mass is 16.3. The number of benzene rings is 2. The molecule has 120 valence electrons. The Hall–Kier alpha value is -2.33. The molecule has 2 amide bonds. The van der Waals surface area contributed by atoms with E-state index < -0.39 is 0 Å². The number of aliphatic hydroxyl groups excluding tert-OH is 1. The average Bonchev–Trinajstić information content (AvgIpc) is 2.98. The molecule has 0 radical (unpaired) electrons. The van der Waals surface area contributed by atoms with Crippen LogP contribution in [0.15, 0.2) is 54.6 Å². The zero-order valence-electron chi connectivity index (χ0n) is 13.0. The lowest BCUT2D eigenvalue weighted by molar-refractivity contribution is 0.213. The molecule has 0 saturated heterocycles. The first-order valence-corrected chi connectivity index (χ1v) is 8.06. The van der Waals surface area contributed by atoms with E-state index in [0.29, 0.717) is 6.42 Å². The Morgan fingerprint density at radius 3 is 2.65 bits per heavy atom. The second kappa shape index (κ2) is 7.29. The molecule has 3 N–H and O–H groups in total. The van der Waals surface area contributed by atoms with Crippen molar-refractivity contribution in [3.63, 3.8) is 0 Å². The van der Waals surface area contributed by atoms with Gasteiger partial charge in [-0.15, -0.1) is 0 Å². The van der Waals surface area contributed by atoms with Gasteiger partial charge in [0.25, 0.3) is 0 Å². The fourth-order valence-corrected chi connectivity index (χ4v) is 3.15. The van der Waals surface area contributed by atoms with Crippen LogP contribution in [0.2, 0.25) is 0 Å². The average molecular weight is 310 g/mol. The van der Waals surface area contributed by atoms with E-state index in [0.717, 1.165) is 18.4 Å². The van der Waals surface area contributed by atoms with Gasteiger partial charge in [0, 0.05) is 0 Å². The SMILES string of the molecule is O=C(N[C@H](CO)Cc1ccccc1)N[C@@H]1CCc2ccccc21. The quantitative estimate of drug-likeness (QED) is 0.795. The first kappa shape index (κ1) is 15.6. The Bertz CT molecular complexity index is 657. The maximum absolute atomic E-state index is 12.2. The highest BCUT2D eigenvalue weighted by Crippen LogP contribution is 2.30. The molecule has 0 unspecified atom stereocenters. The summed E-state index contributed by atoms with van der Waals surface area (Å²) < 4.78 is 0.